The van der Waals surface area contributed by atoms with E-state index >= 15 is 0 Å². The lowest BCUT2D eigenvalue weighted by Crippen LogP contribution is -2.40. The van der Waals surface area contributed by atoms with Gasteiger partial charge in [0.1, 0.15) is 6.07 Å². The van der Waals surface area contributed by atoms with E-state index in [1.807, 2.05) is 6.07 Å². The van der Waals surface area contributed by atoms with Crippen molar-refractivity contribution in [1.29, 1.82) is 5.26 Å². The highest BCUT2D eigenvalue weighted by molar-refractivity contribution is 5.60. The maximum Gasteiger partial charge on any atom is 0.101 e. The van der Waals surface area contributed by atoms with Crippen LogP contribution in [0.1, 0.15) is 51.2 Å². The van der Waals surface area contributed by atoms with E-state index in [0.717, 1.165) is 43.9 Å². The van der Waals surface area contributed by atoms with E-state index < -0.39 is 0 Å². The minimum Gasteiger partial charge on any atom is -0.370 e. The largest absolute Gasteiger partial charge is 0.370 e. The molecule has 1 heterocycles. The first-order chi connectivity index (χ1) is 10.1. The van der Waals surface area contributed by atoms with Crippen molar-refractivity contribution < 1.29 is 0 Å². The number of piperidine rings is 1. The van der Waals surface area contributed by atoms with Crippen LogP contribution in [0.3, 0.4) is 0 Å². The standard InChI is InChI=1S/C18H27N3/c1-4-9-20-13-15-6-7-17(16(11-15)12-19)21-10-5-8-18(2,3)14-21/h6-7,11,20H,4-5,8-10,13-14H2,1-3H3. The van der Waals surface area contributed by atoms with Crippen LogP contribution in [-0.4, -0.2) is 19.6 Å². The van der Waals surface area contributed by atoms with Gasteiger partial charge in [-0.2, -0.15) is 5.26 Å². The molecule has 0 atom stereocenters. The van der Waals surface area contributed by atoms with Gasteiger partial charge in [-0.25, -0.2) is 0 Å². The van der Waals surface area contributed by atoms with E-state index in [-0.39, 0.29) is 0 Å². The van der Waals surface area contributed by atoms with Crippen molar-refractivity contribution in [3.05, 3.63) is 29.3 Å². The van der Waals surface area contributed by atoms with Crippen molar-refractivity contribution in [3.8, 4) is 6.07 Å². The molecule has 0 radical (unpaired) electrons. The molecule has 114 valence electrons. The van der Waals surface area contributed by atoms with Gasteiger partial charge in [-0.15, -0.1) is 0 Å². The smallest absolute Gasteiger partial charge is 0.101 e. The lowest BCUT2D eigenvalue weighted by molar-refractivity contribution is 0.293. The molecule has 2 rings (SSSR count). The number of nitrogens with zero attached hydrogens (tertiary/aromatic N) is 2. The molecule has 0 unspecified atom stereocenters. The molecule has 3 heteroatoms. The fraction of sp³-hybridized carbons (Fsp3) is 0.611. The zero-order valence-corrected chi connectivity index (χ0v) is 13.6. The summed E-state index contributed by atoms with van der Waals surface area (Å²) in [7, 11) is 0. The SMILES string of the molecule is CCCNCc1ccc(N2CCCC(C)(C)C2)c(C#N)c1. The Morgan fingerprint density at radius 1 is 1.38 bits per heavy atom. The van der Waals surface area contributed by atoms with Gasteiger partial charge in [0.15, 0.2) is 0 Å². The number of hydrogen-bond acceptors (Lipinski definition) is 3. The van der Waals surface area contributed by atoms with Gasteiger partial charge in [-0.05, 0) is 48.9 Å². The monoisotopic (exact) mass is 285 g/mol. The fourth-order valence-corrected chi connectivity index (χ4v) is 3.10. The molecule has 21 heavy (non-hydrogen) atoms. The van der Waals surface area contributed by atoms with Crippen LogP contribution in [0.4, 0.5) is 5.69 Å². The predicted octanol–water partition coefficient (Wildman–Crippen LogP) is 3.68. The van der Waals surface area contributed by atoms with Crippen LogP contribution in [0.25, 0.3) is 0 Å². The Morgan fingerprint density at radius 3 is 2.86 bits per heavy atom. The summed E-state index contributed by atoms with van der Waals surface area (Å²) in [5.74, 6) is 0. The fourth-order valence-electron chi connectivity index (χ4n) is 3.10. The van der Waals surface area contributed by atoms with E-state index in [9.17, 15) is 5.26 Å². The molecule has 0 aliphatic carbocycles. The van der Waals surface area contributed by atoms with Crippen LogP contribution < -0.4 is 10.2 Å². The number of rotatable bonds is 5. The Balaban J connectivity index is 2.14. The Labute approximate surface area is 129 Å². The molecular weight excluding hydrogens is 258 g/mol. The number of nitriles is 1. The quantitative estimate of drug-likeness (QED) is 0.839. The molecule has 1 N–H and O–H groups in total. The molecule has 1 saturated heterocycles. The van der Waals surface area contributed by atoms with E-state index in [1.165, 1.54) is 18.4 Å². The summed E-state index contributed by atoms with van der Waals surface area (Å²) in [6, 6.07) is 8.70. The molecule has 3 nitrogen and oxygen atoms in total. The first kappa shape index (κ1) is 15.9. The Bertz CT molecular complexity index is 514. The Morgan fingerprint density at radius 2 is 2.19 bits per heavy atom. The lowest BCUT2D eigenvalue weighted by Gasteiger charge is -2.39. The number of benzene rings is 1. The van der Waals surface area contributed by atoms with Crippen molar-refractivity contribution >= 4 is 5.69 Å². The molecular formula is C18H27N3. The van der Waals surface area contributed by atoms with E-state index in [0.29, 0.717) is 5.41 Å². The third-order valence-corrected chi connectivity index (χ3v) is 4.18. The number of hydrogen-bond donors (Lipinski definition) is 1. The molecule has 0 aromatic heterocycles. The average Bonchev–Trinajstić information content (AvgIpc) is 2.46. The maximum atomic E-state index is 9.48. The van der Waals surface area contributed by atoms with Crippen molar-refractivity contribution in [1.82, 2.24) is 5.32 Å². The van der Waals surface area contributed by atoms with Gasteiger partial charge in [-0.3, -0.25) is 0 Å². The summed E-state index contributed by atoms with van der Waals surface area (Å²) in [6.45, 7) is 10.7. The summed E-state index contributed by atoms with van der Waals surface area (Å²) < 4.78 is 0. The minimum atomic E-state index is 0.340. The van der Waals surface area contributed by atoms with Crippen molar-refractivity contribution in [2.24, 2.45) is 5.41 Å². The second-order valence-electron chi connectivity index (χ2n) is 6.83. The topological polar surface area (TPSA) is 39.1 Å². The summed E-state index contributed by atoms with van der Waals surface area (Å²) in [5.41, 5.74) is 3.44. The molecule has 1 aromatic carbocycles. The molecule has 1 aliphatic rings. The second-order valence-corrected chi connectivity index (χ2v) is 6.83. The van der Waals surface area contributed by atoms with Crippen LogP contribution >= 0.6 is 0 Å². The Kier molecular flexibility index (Phi) is 5.25. The molecule has 0 spiro atoms. The van der Waals surface area contributed by atoms with Crippen LogP contribution in [0.5, 0.6) is 0 Å². The predicted molar refractivity (Wildman–Crippen MR) is 88.4 cm³/mol. The van der Waals surface area contributed by atoms with E-state index in [1.54, 1.807) is 0 Å². The van der Waals surface area contributed by atoms with Gasteiger partial charge in [0.2, 0.25) is 0 Å². The van der Waals surface area contributed by atoms with Crippen LogP contribution in [-0.2, 0) is 6.54 Å². The van der Waals surface area contributed by atoms with E-state index in [4.69, 9.17) is 0 Å². The summed E-state index contributed by atoms with van der Waals surface area (Å²) >= 11 is 0. The van der Waals surface area contributed by atoms with Crippen molar-refractivity contribution in [2.75, 3.05) is 24.5 Å². The molecule has 0 amide bonds. The average molecular weight is 285 g/mol. The molecule has 0 saturated carbocycles. The van der Waals surface area contributed by atoms with Gasteiger partial charge in [0, 0.05) is 19.6 Å². The van der Waals surface area contributed by atoms with Crippen molar-refractivity contribution in [2.45, 2.75) is 46.6 Å². The molecule has 1 aromatic rings. The summed E-state index contributed by atoms with van der Waals surface area (Å²) in [6.07, 6.45) is 3.61. The third kappa shape index (κ3) is 4.22. The highest BCUT2D eigenvalue weighted by Crippen LogP contribution is 2.33. The second kappa shape index (κ2) is 6.95. The van der Waals surface area contributed by atoms with Gasteiger partial charge in [0.05, 0.1) is 11.3 Å². The van der Waals surface area contributed by atoms with Crippen LogP contribution in [0.15, 0.2) is 18.2 Å². The normalized spacial score (nSPS) is 17.5. The maximum absolute atomic E-state index is 9.48. The van der Waals surface area contributed by atoms with Crippen LogP contribution in [0.2, 0.25) is 0 Å². The van der Waals surface area contributed by atoms with Gasteiger partial charge in [-0.1, -0.05) is 26.8 Å². The highest BCUT2D eigenvalue weighted by atomic mass is 15.1. The zero-order chi connectivity index (χ0) is 15.3. The number of nitrogens with one attached hydrogen (secondary N) is 1. The number of anilines is 1. The summed E-state index contributed by atoms with van der Waals surface area (Å²) in [5, 5.41) is 12.9. The summed E-state index contributed by atoms with van der Waals surface area (Å²) in [4.78, 5) is 2.38. The minimum absolute atomic E-state index is 0.340. The third-order valence-electron chi connectivity index (χ3n) is 4.18. The van der Waals surface area contributed by atoms with Crippen molar-refractivity contribution in [3.63, 3.8) is 0 Å². The van der Waals surface area contributed by atoms with E-state index in [2.05, 4.69) is 49.2 Å². The highest BCUT2D eigenvalue weighted by Gasteiger charge is 2.27. The molecule has 1 fully saturated rings. The Hall–Kier alpha value is -1.53. The van der Waals surface area contributed by atoms with Gasteiger partial charge >= 0.3 is 0 Å². The lowest BCUT2D eigenvalue weighted by atomic mass is 9.84. The van der Waals surface area contributed by atoms with Gasteiger partial charge < -0.3 is 10.2 Å². The molecule has 1 aliphatic heterocycles. The van der Waals surface area contributed by atoms with Gasteiger partial charge in [0.25, 0.3) is 0 Å². The first-order valence-corrected chi connectivity index (χ1v) is 8.04. The molecule has 0 bridgehead atoms. The van der Waals surface area contributed by atoms with Crippen LogP contribution in [0, 0.1) is 16.7 Å². The zero-order valence-electron chi connectivity index (χ0n) is 13.6. The first-order valence-electron chi connectivity index (χ1n) is 8.04.